The first-order chi connectivity index (χ1) is 18.8. The van der Waals surface area contributed by atoms with Crippen LogP contribution >= 0.6 is 0 Å². The van der Waals surface area contributed by atoms with E-state index in [1.807, 2.05) is 6.20 Å². The zero-order valence-electron chi connectivity index (χ0n) is 20.6. The number of nitrogens with zero attached hydrogens (tertiary/aromatic N) is 1. The highest BCUT2D eigenvalue weighted by Gasteiger charge is 2.18. The second-order valence-electron chi connectivity index (χ2n) is 10.3. The monoisotopic (exact) mass is 479 g/mol. The summed E-state index contributed by atoms with van der Waals surface area (Å²) in [6, 6.07) is 44.6. The average molecular weight is 480 g/mol. The summed E-state index contributed by atoms with van der Waals surface area (Å²) in [6.07, 6.45) is 1.92. The van der Waals surface area contributed by atoms with Crippen LogP contribution in [0.25, 0.3) is 87.0 Å². The van der Waals surface area contributed by atoms with Crippen LogP contribution in [0, 0.1) is 0 Å². The molecule has 0 N–H and O–H groups in total. The highest BCUT2D eigenvalue weighted by molar-refractivity contribution is 6.27. The van der Waals surface area contributed by atoms with Crippen LogP contribution in [0.4, 0.5) is 0 Å². The number of benzene rings is 8. The zero-order valence-corrected chi connectivity index (χ0v) is 20.6. The molecule has 0 fully saturated rings. The van der Waals surface area contributed by atoms with Crippen LogP contribution in [0.2, 0.25) is 0 Å². The molecule has 1 aromatic heterocycles. The summed E-state index contributed by atoms with van der Waals surface area (Å²) in [6.45, 7) is 0. The van der Waals surface area contributed by atoms with Gasteiger partial charge in [-0.3, -0.25) is 4.98 Å². The summed E-state index contributed by atoms with van der Waals surface area (Å²) < 4.78 is 0. The quantitative estimate of drug-likeness (QED) is 0.225. The first-order valence-corrected chi connectivity index (χ1v) is 13.1. The SMILES string of the molecule is c1cnc(-c2ccc3ccc4cccc5ccc2c3c45)c(-c2ccc3ccc4cccc5ccc2c3c45)c1. The van der Waals surface area contributed by atoms with Gasteiger partial charge in [0.2, 0.25) is 0 Å². The predicted molar refractivity (Wildman–Crippen MR) is 163 cm³/mol. The first kappa shape index (κ1) is 20.1. The lowest BCUT2D eigenvalue weighted by Crippen LogP contribution is -1.93. The van der Waals surface area contributed by atoms with Gasteiger partial charge in [-0.15, -0.1) is 0 Å². The lowest BCUT2D eigenvalue weighted by atomic mass is 9.87. The van der Waals surface area contributed by atoms with E-state index in [-0.39, 0.29) is 0 Å². The molecule has 0 atom stereocenters. The molecule has 0 unspecified atom stereocenters. The Bertz CT molecular complexity index is 2140. The number of hydrogen-bond donors (Lipinski definition) is 0. The van der Waals surface area contributed by atoms with Crippen molar-refractivity contribution in [2.45, 2.75) is 0 Å². The lowest BCUT2D eigenvalue weighted by molar-refractivity contribution is 1.33. The average Bonchev–Trinajstić information content (AvgIpc) is 2.98. The molecule has 174 valence electrons. The number of pyridine rings is 1. The Labute approximate surface area is 219 Å². The van der Waals surface area contributed by atoms with Crippen molar-refractivity contribution in [1.82, 2.24) is 4.98 Å². The van der Waals surface area contributed by atoms with Gasteiger partial charge in [-0.2, -0.15) is 0 Å². The van der Waals surface area contributed by atoms with Crippen molar-refractivity contribution < 1.29 is 0 Å². The van der Waals surface area contributed by atoms with Crippen LogP contribution in [0.1, 0.15) is 0 Å². The summed E-state index contributed by atoms with van der Waals surface area (Å²) in [5.41, 5.74) is 4.60. The second-order valence-corrected chi connectivity index (χ2v) is 10.3. The number of hydrogen-bond acceptors (Lipinski definition) is 1. The molecule has 0 saturated heterocycles. The van der Waals surface area contributed by atoms with Crippen molar-refractivity contribution in [1.29, 1.82) is 0 Å². The van der Waals surface area contributed by atoms with Gasteiger partial charge in [-0.1, -0.05) is 115 Å². The smallest absolute Gasteiger partial charge is 0.0786 e. The lowest BCUT2D eigenvalue weighted by Gasteiger charge is -2.18. The molecule has 9 aromatic rings. The van der Waals surface area contributed by atoms with Crippen molar-refractivity contribution in [3.63, 3.8) is 0 Å². The molecule has 0 saturated carbocycles. The standard InChI is InChI=1S/C37H21N/c1-4-22-9-11-26-13-17-28(29-18-14-24(6-1)33(22)35(26)29)31-8-3-21-38-37(31)32-20-16-27-12-10-23-5-2-7-25-15-19-30(32)36(27)34(23)25/h1-21H. The Hall–Kier alpha value is -5.01. The van der Waals surface area contributed by atoms with E-state index in [0.717, 1.165) is 5.69 Å². The molecule has 0 aliphatic heterocycles. The van der Waals surface area contributed by atoms with Crippen LogP contribution in [0.3, 0.4) is 0 Å². The summed E-state index contributed by atoms with van der Waals surface area (Å²) in [4.78, 5) is 5.02. The predicted octanol–water partition coefficient (Wildman–Crippen LogP) is 10.2. The topological polar surface area (TPSA) is 12.9 Å². The normalized spacial score (nSPS) is 12.2. The summed E-state index contributed by atoms with van der Waals surface area (Å²) in [5, 5.41) is 15.6. The highest BCUT2D eigenvalue weighted by Crippen LogP contribution is 2.44. The van der Waals surface area contributed by atoms with E-state index in [9.17, 15) is 0 Å². The van der Waals surface area contributed by atoms with E-state index < -0.39 is 0 Å². The molecule has 0 bridgehead atoms. The minimum Gasteiger partial charge on any atom is -0.256 e. The van der Waals surface area contributed by atoms with E-state index in [0.29, 0.717) is 0 Å². The fourth-order valence-corrected chi connectivity index (χ4v) is 6.75. The molecule has 0 aliphatic rings. The van der Waals surface area contributed by atoms with Crippen LogP contribution in [0.5, 0.6) is 0 Å². The molecule has 1 heteroatoms. The molecule has 0 amide bonds. The second kappa shape index (κ2) is 7.27. The Kier molecular flexibility index (Phi) is 3.85. The van der Waals surface area contributed by atoms with Crippen molar-refractivity contribution in [3.05, 3.63) is 128 Å². The fourth-order valence-electron chi connectivity index (χ4n) is 6.75. The summed E-state index contributed by atoms with van der Waals surface area (Å²) in [5.74, 6) is 0. The summed E-state index contributed by atoms with van der Waals surface area (Å²) >= 11 is 0. The Morgan fingerprint density at radius 3 is 1.34 bits per heavy atom. The Balaban J connectivity index is 1.38. The third kappa shape index (κ3) is 2.58. The van der Waals surface area contributed by atoms with Gasteiger partial charge in [-0.25, -0.2) is 0 Å². The molecule has 8 aromatic carbocycles. The first-order valence-electron chi connectivity index (χ1n) is 13.1. The van der Waals surface area contributed by atoms with Crippen molar-refractivity contribution in [2.75, 3.05) is 0 Å². The van der Waals surface area contributed by atoms with Gasteiger partial charge in [0.05, 0.1) is 5.69 Å². The molecule has 1 heterocycles. The Morgan fingerprint density at radius 1 is 0.316 bits per heavy atom. The fraction of sp³-hybridized carbons (Fsp3) is 0. The molecular formula is C37H21N. The van der Waals surface area contributed by atoms with E-state index in [4.69, 9.17) is 4.98 Å². The largest absolute Gasteiger partial charge is 0.256 e. The van der Waals surface area contributed by atoms with Crippen LogP contribution in [-0.2, 0) is 0 Å². The zero-order chi connectivity index (χ0) is 24.8. The van der Waals surface area contributed by atoms with Gasteiger partial charge in [0.1, 0.15) is 0 Å². The van der Waals surface area contributed by atoms with Crippen LogP contribution < -0.4 is 0 Å². The maximum Gasteiger partial charge on any atom is 0.0786 e. The number of rotatable bonds is 2. The number of aromatic nitrogens is 1. The molecule has 0 spiro atoms. The minimum atomic E-state index is 1.03. The van der Waals surface area contributed by atoms with Gasteiger partial charge in [-0.05, 0) is 76.3 Å². The highest BCUT2D eigenvalue weighted by atomic mass is 14.7. The Morgan fingerprint density at radius 2 is 0.763 bits per heavy atom. The van der Waals surface area contributed by atoms with Gasteiger partial charge in [0.15, 0.2) is 0 Å². The molecule has 0 radical (unpaired) electrons. The van der Waals surface area contributed by atoms with Crippen LogP contribution in [0.15, 0.2) is 128 Å². The van der Waals surface area contributed by atoms with E-state index in [1.54, 1.807) is 0 Å². The molecule has 0 aliphatic carbocycles. The van der Waals surface area contributed by atoms with Gasteiger partial charge in [0.25, 0.3) is 0 Å². The summed E-state index contributed by atoms with van der Waals surface area (Å²) in [7, 11) is 0. The molecular weight excluding hydrogens is 458 g/mol. The van der Waals surface area contributed by atoms with Gasteiger partial charge in [0, 0.05) is 17.3 Å². The van der Waals surface area contributed by atoms with E-state index in [1.165, 1.54) is 81.3 Å². The molecule has 38 heavy (non-hydrogen) atoms. The third-order valence-corrected chi connectivity index (χ3v) is 8.41. The van der Waals surface area contributed by atoms with Crippen LogP contribution in [-0.4, -0.2) is 4.98 Å². The van der Waals surface area contributed by atoms with Crippen molar-refractivity contribution in [3.8, 4) is 22.4 Å². The maximum atomic E-state index is 5.02. The van der Waals surface area contributed by atoms with Crippen molar-refractivity contribution >= 4 is 64.6 Å². The van der Waals surface area contributed by atoms with Gasteiger partial charge < -0.3 is 0 Å². The maximum absolute atomic E-state index is 5.02. The van der Waals surface area contributed by atoms with Gasteiger partial charge >= 0.3 is 0 Å². The van der Waals surface area contributed by atoms with E-state index >= 15 is 0 Å². The molecule has 9 rings (SSSR count). The minimum absolute atomic E-state index is 1.03. The van der Waals surface area contributed by atoms with Crippen molar-refractivity contribution in [2.24, 2.45) is 0 Å². The third-order valence-electron chi connectivity index (χ3n) is 8.41. The molecule has 1 nitrogen and oxygen atoms in total. The van der Waals surface area contributed by atoms with E-state index in [2.05, 4.69) is 121 Å².